The molecule has 2 N–H and O–H groups in total. The number of nitrogens with two attached hydrogens (primary N) is 1. The molecule has 0 aromatic heterocycles. The molecule has 1 atom stereocenters. The number of nitrogens with zero attached hydrogens (tertiary/aromatic N) is 1. The van der Waals surface area contributed by atoms with Crippen LogP contribution in [0.25, 0.3) is 0 Å². The van der Waals surface area contributed by atoms with Crippen LogP contribution in [0.5, 0.6) is 0 Å². The zero-order valence-corrected chi connectivity index (χ0v) is 8.51. The van der Waals surface area contributed by atoms with E-state index in [1.54, 1.807) is 0 Å². The van der Waals surface area contributed by atoms with E-state index in [-0.39, 0.29) is 26.2 Å². The molecular weight excluding hydrogens is 237 g/mol. The van der Waals surface area contributed by atoms with Crippen LogP contribution in [0.2, 0.25) is 0 Å². The van der Waals surface area contributed by atoms with Gasteiger partial charge in [-0.3, -0.25) is 0 Å². The average molecular weight is 248 g/mol. The van der Waals surface area contributed by atoms with Crippen molar-refractivity contribution in [2.24, 2.45) is 5.73 Å². The van der Waals surface area contributed by atoms with Crippen molar-refractivity contribution >= 4 is 10.0 Å². The Morgan fingerprint density at radius 2 is 2.07 bits per heavy atom. The second-order valence-corrected chi connectivity index (χ2v) is 4.97. The van der Waals surface area contributed by atoms with E-state index in [4.69, 9.17) is 10.5 Å². The first-order valence-corrected chi connectivity index (χ1v) is 5.61. The highest BCUT2D eigenvalue weighted by molar-refractivity contribution is 7.90. The van der Waals surface area contributed by atoms with Crippen LogP contribution in [0, 0.1) is 0 Å². The molecule has 0 spiro atoms. The molecule has 5 nitrogen and oxygen atoms in total. The van der Waals surface area contributed by atoms with E-state index in [1.807, 2.05) is 0 Å². The van der Waals surface area contributed by atoms with E-state index in [9.17, 15) is 21.6 Å². The topological polar surface area (TPSA) is 72.6 Å². The van der Waals surface area contributed by atoms with Gasteiger partial charge in [-0.2, -0.15) is 17.5 Å². The molecule has 0 aromatic rings. The number of hydrogen-bond donors (Lipinski definition) is 1. The van der Waals surface area contributed by atoms with Gasteiger partial charge in [-0.15, -0.1) is 0 Å². The van der Waals surface area contributed by atoms with Crippen molar-refractivity contribution in [1.29, 1.82) is 0 Å². The summed E-state index contributed by atoms with van der Waals surface area (Å²) in [6.07, 6.45) is -0.670. The van der Waals surface area contributed by atoms with Gasteiger partial charge in [0.25, 0.3) is 0 Å². The summed E-state index contributed by atoms with van der Waals surface area (Å²) in [5, 5.41) is 0. The van der Waals surface area contributed by atoms with Crippen molar-refractivity contribution in [1.82, 2.24) is 4.31 Å². The van der Waals surface area contributed by atoms with Crippen LogP contribution in [0.4, 0.5) is 13.2 Å². The van der Waals surface area contributed by atoms with Crippen LogP contribution < -0.4 is 5.73 Å². The summed E-state index contributed by atoms with van der Waals surface area (Å²) in [6, 6.07) is 0. The Balaban J connectivity index is 2.80. The summed E-state index contributed by atoms with van der Waals surface area (Å²) >= 11 is 0. The summed E-state index contributed by atoms with van der Waals surface area (Å²) < 4.78 is 63.7. The van der Waals surface area contributed by atoms with E-state index in [2.05, 4.69) is 0 Å². The van der Waals surface area contributed by atoms with Crippen molar-refractivity contribution in [2.45, 2.75) is 11.6 Å². The maximum absolute atomic E-state index is 12.1. The van der Waals surface area contributed by atoms with Crippen LogP contribution in [-0.4, -0.2) is 50.6 Å². The van der Waals surface area contributed by atoms with E-state index in [0.29, 0.717) is 4.31 Å². The van der Waals surface area contributed by atoms with Gasteiger partial charge < -0.3 is 10.5 Å². The second-order valence-electron chi connectivity index (χ2n) is 3.04. The molecule has 1 aliphatic heterocycles. The molecule has 1 rings (SSSR count). The van der Waals surface area contributed by atoms with E-state index in [1.165, 1.54) is 0 Å². The fourth-order valence-electron chi connectivity index (χ4n) is 1.20. The van der Waals surface area contributed by atoms with Gasteiger partial charge in [0.1, 0.15) is 0 Å². The van der Waals surface area contributed by atoms with Crippen LogP contribution >= 0.6 is 0 Å². The number of sulfonamides is 1. The molecule has 1 heterocycles. The molecular formula is C6H11F3N2O3S. The van der Waals surface area contributed by atoms with Gasteiger partial charge in [0, 0.05) is 19.6 Å². The van der Waals surface area contributed by atoms with Crippen molar-refractivity contribution in [3.8, 4) is 0 Å². The number of morpholine rings is 1. The van der Waals surface area contributed by atoms with Gasteiger partial charge in [0.15, 0.2) is 0 Å². The van der Waals surface area contributed by atoms with Crippen LogP contribution in [0.1, 0.15) is 0 Å². The van der Waals surface area contributed by atoms with Crippen LogP contribution in [-0.2, 0) is 14.8 Å². The molecule has 1 saturated heterocycles. The van der Waals surface area contributed by atoms with Gasteiger partial charge in [-0.25, -0.2) is 8.42 Å². The Morgan fingerprint density at radius 1 is 1.47 bits per heavy atom. The molecule has 0 unspecified atom stereocenters. The van der Waals surface area contributed by atoms with Crippen molar-refractivity contribution in [2.75, 3.05) is 26.2 Å². The molecule has 1 aliphatic rings. The highest BCUT2D eigenvalue weighted by Crippen LogP contribution is 2.27. The van der Waals surface area contributed by atoms with E-state index >= 15 is 0 Å². The molecule has 0 amide bonds. The normalized spacial score (nSPS) is 25.5. The smallest absolute Gasteiger partial charge is 0.374 e. The minimum atomic E-state index is -5.26. The van der Waals surface area contributed by atoms with Gasteiger partial charge in [0.05, 0.1) is 12.7 Å². The second kappa shape index (κ2) is 4.24. The first-order chi connectivity index (χ1) is 6.79. The summed E-state index contributed by atoms with van der Waals surface area (Å²) in [5.74, 6) is 0. The van der Waals surface area contributed by atoms with Crippen LogP contribution in [0.3, 0.4) is 0 Å². The summed E-state index contributed by atoms with van der Waals surface area (Å²) in [6.45, 7) is -0.724. The molecule has 9 heteroatoms. The maximum Gasteiger partial charge on any atom is 0.511 e. The zero-order chi connectivity index (χ0) is 11.7. The summed E-state index contributed by atoms with van der Waals surface area (Å²) in [5.41, 5.74) is -0.0704. The average Bonchev–Trinajstić information content (AvgIpc) is 2.16. The Hall–Kier alpha value is -0.380. The highest BCUT2D eigenvalue weighted by Gasteiger charge is 2.50. The first kappa shape index (κ1) is 12.7. The molecule has 0 aliphatic carbocycles. The van der Waals surface area contributed by atoms with Crippen LogP contribution in [0.15, 0.2) is 0 Å². The molecule has 0 aromatic carbocycles. The third-order valence-corrected chi connectivity index (χ3v) is 3.59. The molecule has 1 fully saturated rings. The van der Waals surface area contributed by atoms with E-state index in [0.717, 1.165) is 0 Å². The first-order valence-electron chi connectivity index (χ1n) is 4.17. The summed E-state index contributed by atoms with van der Waals surface area (Å²) in [4.78, 5) is 0. The number of hydrogen-bond acceptors (Lipinski definition) is 4. The standard InChI is InChI=1S/C6H11F3N2O3S/c7-6(8,9)15(12,13)11-1-2-14-5(3-10)4-11/h5H,1-4,10H2/t5-/m0/s1. The van der Waals surface area contributed by atoms with Crippen molar-refractivity contribution < 1.29 is 26.3 Å². The number of ether oxygens (including phenoxy) is 1. The molecule has 90 valence electrons. The molecule has 0 bridgehead atoms. The molecule has 0 saturated carbocycles. The summed E-state index contributed by atoms with van der Waals surface area (Å²) in [7, 11) is -5.24. The van der Waals surface area contributed by atoms with Gasteiger partial charge in [-0.1, -0.05) is 0 Å². The third kappa shape index (κ3) is 2.60. The quantitative estimate of drug-likeness (QED) is 0.714. The Bertz CT molecular complexity index is 316. The van der Waals surface area contributed by atoms with E-state index < -0.39 is 21.6 Å². The maximum atomic E-state index is 12.1. The fourth-order valence-corrected chi connectivity index (χ4v) is 2.17. The SMILES string of the molecule is NC[C@H]1CN(S(=O)(=O)C(F)(F)F)CCO1. The highest BCUT2D eigenvalue weighted by atomic mass is 32.2. The number of rotatable bonds is 2. The minimum Gasteiger partial charge on any atom is -0.374 e. The van der Waals surface area contributed by atoms with Crippen molar-refractivity contribution in [3.05, 3.63) is 0 Å². The minimum absolute atomic E-state index is 0.0100. The Labute approximate surface area is 85.0 Å². The lowest BCUT2D eigenvalue weighted by molar-refractivity contribution is -0.0562. The monoisotopic (exact) mass is 248 g/mol. The fraction of sp³-hybridized carbons (Fsp3) is 1.00. The number of halogens is 3. The lowest BCUT2D eigenvalue weighted by Crippen LogP contribution is -2.51. The number of alkyl halides is 3. The largest absolute Gasteiger partial charge is 0.511 e. The molecule has 15 heavy (non-hydrogen) atoms. The Morgan fingerprint density at radius 3 is 2.53 bits per heavy atom. The van der Waals surface area contributed by atoms with Gasteiger partial charge >= 0.3 is 15.5 Å². The lowest BCUT2D eigenvalue weighted by atomic mass is 10.3. The predicted octanol–water partition coefficient (Wildman–Crippen LogP) is -0.504. The van der Waals surface area contributed by atoms with Gasteiger partial charge in [-0.05, 0) is 0 Å². The zero-order valence-electron chi connectivity index (χ0n) is 7.70. The van der Waals surface area contributed by atoms with Crippen molar-refractivity contribution in [3.63, 3.8) is 0 Å². The lowest BCUT2D eigenvalue weighted by Gasteiger charge is -2.31. The predicted molar refractivity (Wildman–Crippen MR) is 45.3 cm³/mol. The Kier molecular flexibility index (Phi) is 3.59. The molecule has 0 radical (unpaired) electrons. The third-order valence-electron chi connectivity index (χ3n) is 2.00. The van der Waals surface area contributed by atoms with Gasteiger partial charge in [0.2, 0.25) is 0 Å².